The Kier molecular flexibility index (Phi) is 37.1. The van der Waals surface area contributed by atoms with Gasteiger partial charge in [0.2, 0.25) is 0 Å². The van der Waals surface area contributed by atoms with Crippen LogP contribution in [0.1, 0.15) is 200 Å². The van der Waals surface area contributed by atoms with E-state index in [1.165, 1.54) is 109 Å². The molecule has 3 atom stereocenters. The van der Waals surface area contributed by atoms with Gasteiger partial charge >= 0.3 is 19.8 Å². The van der Waals surface area contributed by atoms with E-state index in [-0.39, 0.29) is 12.8 Å². The van der Waals surface area contributed by atoms with Gasteiger partial charge in [0, 0.05) is 12.8 Å². The number of phosphoric ester groups is 1. The molecule has 308 valence electrons. The molecule has 0 radical (unpaired) electrons. The third kappa shape index (κ3) is 35.7. The normalized spacial score (nSPS) is 14.0. The van der Waals surface area contributed by atoms with Crippen molar-refractivity contribution in [2.75, 3.05) is 26.4 Å². The van der Waals surface area contributed by atoms with E-state index >= 15 is 0 Å². The molecule has 0 amide bonds. The highest BCUT2D eigenvalue weighted by atomic mass is 31.2. The van der Waals surface area contributed by atoms with Crippen molar-refractivity contribution in [2.45, 2.75) is 212 Å². The summed E-state index contributed by atoms with van der Waals surface area (Å²) in [5, 5.41) is 19.0. The predicted octanol–water partition coefficient (Wildman–Crippen LogP) is 10.8. The average Bonchev–Trinajstić information content (AvgIpc) is 3.13. The van der Waals surface area contributed by atoms with Gasteiger partial charge in [0.15, 0.2) is 0 Å². The van der Waals surface area contributed by atoms with Crippen LogP contribution in [0.3, 0.4) is 0 Å². The van der Waals surface area contributed by atoms with E-state index < -0.39 is 58.4 Å². The summed E-state index contributed by atoms with van der Waals surface area (Å²) < 4.78 is 32.3. The second-order valence-corrected chi connectivity index (χ2v) is 15.8. The minimum absolute atomic E-state index is 0.192. The maximum absolute atomic E-state index is 12.3. The van der Waals surface area contributed by atoms with Crippen LogP contribution in [0, 0.1) is 0 Å². The molecule has 0 heterocycles. The van der Waals surface area contributed by atoms with E-state index in [2.05, 4.69) is 26.0 Å². The summed E-state index contributed by atoms with van der Waals surface area (Å²) in [7, 11) is -4.62. The molecule has 11 heteroatoms. The molecule has 0 fully saturated rings. The Labute approximate surface area is 317 Å². The number of ether oxygens (including phenoxy) is 2. The van der Waals surface area contributed by atoms with Crippen LogP contribution >= 0.6 is 7.82 Å². The average molecular weight is 763 g/mol. The minimum Gasteiger partial charge on any atom is -0.457 e. The van der Waals surface area contributed by atoms with Crippen LogP contribution in [0.4, 0.5) is 0 Å². The lowest BCUT2D eigenvalue weighted by atomic mass is 10.0. The Morgan fingerprint density at radius 2 is 0.788 bits per heavy atom. The number of hydrogen-bond donors (Lipinski definition) is 3. The number of carbonyl (C=O) groups excluding carboxylic acids is 2. The molecule has 52 heavy (non-hydrogen) atoms. The third-order valence-electron chi connectivity index (χ3n) is 9.23. The molecule has 0 aromatic carbocycles. The molecular weight excluding hydrogens is 683 g/mol. The van der Waals surface area contributed by atoms with Gasteiger partial charge in [-0.2, -0.15) is 0 Å². The first-order chi connectivity index (χ1) is 25.3. The van der Waals surface area contributed by atoms with Gasteiger partial charge in [0.25, 0.3) is 0 Å². The Morgan fingerprint density at radius 3 is 1.10 bits per heavy atom. The Morgan fingerprint density at radius 1 is 0.500 bits per heavy atom. The van der Waals surface area contributed by atoms with Crippen LogP contribution in [-0.4, -0.2) is 65.7 Å². The molecule has 0 bridgehead atoms. The molecule has 0 spiro atoms. The maximum Gasteiger partial charge on any atom is 0.472 e. The third-order valence-corrected chi connectivity index (χ3v) is 10.2. The molecule has 3 unspecified atom stereocenters. The smallest absolute Gasteiger partial charge is 0.457 e. The number of aliphatic hydroxyl groups is 2. The van der Waals surface area contributed by atoms with E-state index in [1.54, 1.807) is 0 Å². The van der Waals surface area contributed by atoms with Crippen molar-refractivity contribution in [3.8, 4) is 0 Å². The fourth-order valence-corrected chi connectivity index (χ4v) is 6.72. The zero-order valence-corrected chi connectivity index (χ0v) is 34.2. The van der Waals surface area contributed by atoms with Gasteiger partial charge in [0.05, 0.1) is 26.4 Å². The number of rotatable bonds is 40. The highest BCUT2D eigenvalue weighted by molar-refractivity contribution is 7.47. The van der Waals surface area contributed by atoms with Crippen LogP contribution in [0.5, 0.6) is 0 Å². The van der Waals surface area contributed by atoms with Crippen LogP contribution in [-0.2, 0) is 32.7 Å². The number of unbranched alkanes of at least 4 members (excludes halogenated alkanes) is 24. The van der Waals surface area contributed by atoms with E-state index in [4.69, 9.17) is 18.5 Å². The minimum atomic E-state index is -4.62. The van der Waals surface area contributed by atoms with Crippen LogP contribution < -0.4 is 0 Å². The fraction of sp³-hybridized carbons (Fsp3) is 0.902. The molecule has 0 rings (SSSR count). The molecular formula is C41H79O10P. The van der Waals surface area contributed by atoms with Gasteiger partial charge in [-0.15, -0.1) is 0 Å². The number of allylic oxidation sites excluding steroid dienone is 2. The van der Waals surface area contributed by atoms with Crippen molar-refractivity contribution in [3.63, 3.8) is 0 Å². The first-order valence-electron chi connectivity index (χ1n) is 21.1. The number of esters is 2. The first kappa shape index (κ1) is 50.7. The topological polar surface area (TPSA) is 149 Å². The lowest BCUT2D eigenvalue weighted by Gasteiger charge is -2.20. The molecule has 0 aromatic rings. The Balaban J connectivity index is 3.78. The summed E-state index contributed by atoms with van der Waals surface area (Å²) in [6, 6.07) is 0. The standard InChI is InChI=1S/C41H79O10P/c1-3-5-7-9-11-12-13-14-15-16-17-18-19-20-21-22-23-24-25-26-27-29-31-33-41(45)51-39(35-43)37-49-52(46,47)48-36-38(34-42)50-40(44)32-30-28-10-8-6-4-2/h16-17,38-39,42-43H,3-15,18-37H2,1-2H3,(H,46,47)/b17-16-. The monoisotopic (exact) mass is 763 g/mol. The number of carbonyl (C=O) groups is 2. The predicted molar refractivity (Wildman–Crippen MR) is 210 cm³/mol. The van der Waals surface area contributed by atoms with E-state index in [0.29, 0.717) is 12.8 Å². The van der Waals surface area contributed by atoms with Crippen molar-refractivity contribution in [3.05, 3.63) is 12.2 Å². The van der Waals surface area contributed by atoms with Crippen LogP contribution in [0.25, 0.3) is 0 Å². The fourth-order valence-electron chi connectivity index (χ4n) is 5.93. The zero-order valence-electron chi connectivity index (χ0n) is 33.3. The quantitative estimate of drug-likeness (QED) is 0.0238. The molecule has 0 aliphatic heterocycles. The van der Waals surface area contributed by atoms with Crippen molar-refractivity contribution in [1.29, 1.82) is 0 Å². The summed E-state index contributed by atoms with van der Waals surface area (Å²) in [6.45, 7) is 2.14. The van der Waals surface area contributed by atoms with Gasteiger partial charge < -0.3 is 24.6 Å². The molecule has 0 aliphatic carbocycles. The van der Waals surface area contributed by atoms with E-state index in [9.17, 15) is 29.3 Å². The first-order valence-corrected chi connectivity index (χ1v) is 22.6. The van der Waals surface area contributed by atoms with Gasteiger partial charge in [-0.1, -0.05) is 161 Å². The summed E-state index contributed by atoms with van der Waals surface area (Å²) >= 11 is 0. The molecule has 10 nitrogen and oxygen atoms in total. The van der Waals surface area contributed by atoms with Gasteiger partial charge in [-0.25, -0.2) is 4.57 Å². The molecule has 0 aliphatic rings. The van der Waals surface area contributed by atoms with Crippen LogP contribution in [0.15, 0.2) is 12.2 Å². The summed E-state index contributed by atoms with van der Waals surface area (Å²) in [5.41, 5.74) is 0. The van der Waals surface area contributed by atoms with Crippen LogP contribution in [0.2, 0.25) is 0 Å². The second kappa shape index (κ2) is 38.0. The molecule has 0 saturated carbocycles. The Hall–Kier alpha value is -1.29. The Bertz CT molecular complexity index is 884. The summed E-state index contributed by atoms with van der Waals surface area (Å²) in [5.74, 6) is -1.02. The summed E-state index contributed by atoms with van der Waals surface area (Å²) in [4.78, 5) is 34.2. The van der Waals surface area contributed by atoms with Crippen molar-refractivity contribution < 1.29 is 47.8 Å². The summed E-state index contributed by atoms with van der Waals surface area (Å²) in [6.07, 6.45) is 35.2. The molecule has 3 N–H and O–H groups in total. The lowest BCUT2D eigenvalue weighted by Crippen LogP contribution is -2.28. The van der Waals surface area contributed by atoms with E-state index in [1.807, 2.05) is 0 Å². The molecule has 0 aromatic heterocycles. The maximum atomic E-state index is 12.3. The zero-order chi connectivity index (χ0) is 38.4. The highest BCUT2D eigenvalue weighted by Crippen LogP contribution is 2.43. The van der Waals surface area contributed by atoms with Gasteiger partial charge in [-0.3, -0.25) is 18.6 Å². The molecule has 0 saturated heterocycles. The number of hydrogen-bond acceptors (Lipinski definition) is 9. The van der Waals surface area contributed by atoms with E-state index in [0.717, 1.165) is 51.4 Å². The highest BCUT2D eigenvalue weighted by Gasteiger charge is 2.27. The second-order valence-electron chi connectivity index (χ2n) is 14.3. The van der Waals surface area contributed by atoms with Gasteiger partial charge in [0.1, 0.15) is 12.2 Å². The number of phosphoric acid groups is 1. The lowest BCUT2D eigenvalue weighted by molar-refractivity contribution is -0.153. The van der Waals surface area contributed by atoms with Crippen molar-refractivity contribution >= 4 is 19.8 Å². The van der Waals surface area contributed by atoms with Crippen molar-refractivity contribution in [1.82, 2.24) is 0 Å². The number of aliphatic hydroxyl groups excluding tert-OH is 2. The van der Waals surface area contributed by atoms with Gasteiger partial charge in [-0.05, 0) is 38.5 Å². The SMILES string of the molecule is CCCCCCCCCC/C=C\CCCCCCCCCCCCCC(=O)OC(CO)COP(=O)(O)OCC(CO)OC(=O)CCCCCCCC. The largest absolute Gasteiger partial charge is 0.472 e. The van der Waals surface area contributed by atoms with Crippen molar-refractivity contribution in [2.24, 2.45) is 0 Å².